The number of rotatable bonds is 10. The van der Waals surface area contributed by atoms with E-state index < -0.39 is 11.6 Å². The van der Waals surface area contributed by atoms with Crippen molar-refractivity contribution in [1.29, 1.82) is 0 Å². The number of benzene rings is 3. The van der Waals surface area contributed by atoms with E-state index in [9.17, 15) is 4.39 Å². The van der Waals surface area contributed by atoms with E-state index in [4.69, 9.17) is 14.0 Å². The van der Waals surface area contributed by atoms with Crippen molar-refractivity contribution < 1.29 is 22.8 Å². The summed E-state index contributed by atoms with van der Waals surface area (Å²) in [6.45, 7) is 6.51. The van der Waals surface area contributed by atoms with Crippen LogP contribution in [0.15, 0.2) is 71.5 Å². The highest BCUT2D eigenvalue weighted by atomic mass is 19.1. The molecule has 2 aromatic heterocycles. The lowest BCUT2D eigenvalue weighted by Crippen LogP contribution is -2.34. The first-order valence-electron chi connectivity index (χ1n) is 14.5. The van der Waals surface area contributed by atoms with Crippen molar-refractivity contribution in [2.45, 2.75) is 45.1 Å². The van der Waals surface area contributed by atoms with Crippen LogP contribution >= 0.6 is 0 Å². The molecule has 1 aliphatic rings. The highest BCUT2D eigenvalue weighted by molar-refractivity contribution is 5.99. The Morgan fingerprint density at radius 2 is 1.77 bits per heavy atom. The quantitative estimate of drug-likeness (QED) is 0.161. The summed E-state index contributed by atoms with van der Waals surface area (Å²) in [6.07, 6.45) is 3.06. The summed E-state index contributed by atoms with van der Waals surface area (Å²) in [7, 11) is 0. The molecule has 0 atom stereocenters. The average molecular weight is 586 g/mol. The summed E-state index contributed by atoms with van der Waals surface area (Å²) in [4.78, 5) is 15.6. The van der Waals surface area contributed by atoms with E-state index in [-0.39, 0.29) is 24.0 Å². The third-order valence-electron chi connectivity index (χ3n) is 7.63. The monoisotopic (exact) mass is 585 g/mol. The lowest BCUT2D eigenvalue weighted by Gasteiger charge is -2.32. The minimum atomic E-state index is -0.531. The molecule has 10 heteroatoms. The predicted molar refractivity (Wildman–Crippen MR) is 159 cm³/mol. The molecule has 0 aliphatic carbocycles. The molecular formula is C33H33F2N5O3. The molecule has 0 amide bonds. The molecular weight excluding hydrogens is 552 g/mol. The van der Waals surface area contributed by atoms with Gasteiger partial charge in [0.15, 0.2) is 5.82 Å². The van der Waals surface area contributed by atoms with E-state index in [1.165, 1.54) is 24.5 Å². The Morgan fingerprint density at radius 3 is 2.51 bits per heavy atom. The van der Waals surface area contributed by atoms with Gasteiger partial charge in [-0.2, -0.15) is 4.98 Å². The molecule has 0 radical (unpaired) electrons. The van der Waals surface area contributed by atoms with Crippen molar-refractivity contribution >= 4 is 16.7 Å². The molecule has 0 spiro atoms. The van der Waals surface area contributed by atoms with E-state index in [0.29, 0.717) is 60.2 Å². The smallest absolute Gasteiger partial charge is 0.229 e. The second-order valence-electron chi connectivity index (χ2n) is 11.0. The minimum Gasteiger partial charge on any atom is -0.491 e. The second-order valence-corrected chi connectivity index (χ2v) is 11.0. The van der Waals surface area contributed by atoms with Gasteiger partial charge >= 0.3 is 0 Å². The number of nitrogens with zero attached hydrogens (tertiary/aromatic N) is 5. The number of anilines is 1. The van der Waals surface area contributed by atoms with Crippen molar-refractivity contribution in [3.63, 3.8) is 0 Å². The van der Waals surface area contributed by atoms with Crippen LogP contribution in [0, 0.1) is 11.6 Å². The maximum atomic E-state index is 15.4. The number of aromatic nitrogens is 4. The molecule has 0 saturated carbocycles. The van der Waals surface area contributed by atoms with Gasteiger partial charge in [-0.15, -0.1) is 0 Å². The van der Waals surface area contributed by atoms with Gasteiger partial charge in [0.25, 0.3) is 0 Å². The van der Waals surface area contributed by atoms with Gasteiger partial charge in [0, 0.05) is 47.5 Å². The zero-order chi connectivity index (χ0) is 29.8. The molecule has 0 N–H and O–H groups in total. The molecule has 0 unspecified atom stereocenters. The van der Waals surface area contributed by atoms with Crippen molar-refractivity contribution in [3.8, 4) is 16.9 Å². The third kappa shape index (κ3) is 6.49. The van der Waals surface area contributed by atoms with Crippen LogP contribution in [0.4, 0.5) is 14.6 Å². The van der Waals surface area contributed by atoms with Gasteiger partial charge in [-0.25, -0.2) is 18.7 Å². The summed E-state index contributed by atoms with van der Waals surface area (Å²) < 4.78 is 47.1. The maximum absolute atomic E-state index is 15.4. The number of hydrogen-bond donors (Lipinski definition) is 0. The molecule has 222 valence electrons. The van der Waals surface area contributed by atoms with E-state index in [1.807, 2.05) is 44.2 Å². The molecule has 3 heterocycles. The summed E-state index contributed by atoms with van der Waals surface area (Å²) in [5.74, 6) is 1.69. The summed E-state index contributed by atoms with van der Waals surface area (Å²) in [5, 5.41) is 4.72. The maximum Gasteiger partial charge on any atom is 0.229 e. The second kappa shape index (κ2) is 12.8. The Kier molecular flexibility index (Phi) is 8.55. The lowest BCUT2D eigenvalue weighted by atomic mass is 9.95. The molecule has 3 aromatic carbocycles. The Morgan fingerprint density at radius 1 is 0.953 bits per heavy atom. The fourth-order valence-electron chi connectivity index (χ4n) is 5.36. The number of ether oxygens (including phenoxy) is 2. The largest absolute Gasteiger partial charge is 0.491 e. The standard InChI is InChI=1S/C33H33F2N5O3/c1-21(2)33-38-31(39-43-33)23-10-12-40(13-11-23)32-28-17-24(34)16-27(30(28)36-20-37-32)26-9-8-25(18-29(26)35)42-15-14-41-19-22-6-4-3-5-7-22/h3-9,16-18,20-21,23H,10-15,19H2,1-2H3. The predicted octanol–water partition coefficient (Wildman–Crippen LogP) is 7.06. The van der Waals surface area contributed by atoms with Gasteiger partial charge in [-0.1, -0.05) is 49.3 Å². The SMILES string of the molecule is CC(C)c1nc(C2CCN(c3ncnc4c(-c5ccc(OCCOCc6ccccc6)cc5F)cc(F)cc34)CC2)no1. The van der Waals surface area contributed by atoms with E-state index in [2.05, 4.69) is 25.0 Å². The zero-order valence-electron chi connectivity index (χ0n) is 24.2. The van der Waals surface area contributed by atoms with Crippen LogP contribution in [0.25, 0.3) is 22.0 Å². The number of fused-ring (bicyclic) bond motifs is 1. The van der Waals surface area contributed by atoms with Gasteiger partial charge in [-0.05, 0) is 42.7 Å². The van der Waals surface area contributed by atoms with Gasteiger partial charge in [0.05, 0.1) is 18.7 Å². The molecule has 1 fully saturated rings. The van der Waals surface area contributed by atoms with E-state index in [1.54, 1.807) is 12.1 Å². The Balaban J connectivity index is 1.15. The van der Waals surface area contributed by atoms with Crippen LogP contribution in [0.2, 0.25) is 0 Å². The number of piperidine rings is 1. The zero-order valence-corrected chi connectivity index (χ0v) is 24.2. The highest BCUT2D eigenvalue weighted by Crippen LogP contribution is 2.37. The Labute approximate surface area is 248 Å². The summed E-state index contributed by atoms with van der Waals surface area (Å²) >= 11 is 0. The van der Waals surface area contributed by atoms with Crippen LogP contribution in [-0.2, 0) is 11.3 Å². The van der Waals surface area contributed by atoms with Crippen molar-refractivity contribution in [2.24, 2.45) is 0 Å². The average Bonchev–Trinajstić information content (AvgIpc) is 3.52. The van der Waals surface area contributed by atoms with Crippen LogP contribution in [0.1, 0.15) is 55.8 Å². The van der Waals surface area contributed by atoms with Gasteiger partial charge in [0.1, 0.15) is 36.1 Å². The third-order valence-corrected chi connectivity index (χ3v) is 7.63. The fourth-order valence-corrected chi connectivity index (χ4v) is 5.36. The van der Waals surface area contributed by atoms with Gasteiger partial charge in [-0.3, -0.25) is 0 Å². The fraction of sp³-hybridized carbons (Fsp3) is 0.333. The van der Waals surface area contributed by atoms with E-state index >= 15 is 4.39 Å². The van der Waals surface area contributed by atoms with Gasteiger partial charge < -0.3 is 18.9 Å². The molecule has 1 aliphatic heterocycles. The molecule has 5 aromatic rings. The van der Waals surface area contributed by atoms with Crippen molar-refractivity contribution in [2.75, 3.05) is 31.2 Å². The molecule has 43 heavy (non-hydrogen) atoms. The minimum absolute atomic E-state index is 0.177. The lowest BCUT2D eigenvalue weighted by molar-refractivity contribution is 0.0888. The van der Waals surface area contributed by atoms with Gasteiger partial charge in [0.2, 0.25) is 5.89 Å². The Bertz CT molecular complexity index is 1690. The first-order valence-corrected chi connectivity index (χ1v) is 14.5. The normalized spacial score (nSPS) is 14.1. The highest BCUT2D eigenvalue weighted by Gasteiger charge is 2.27. The summed E-state index contributed by atoms with van der Waals surface area (Å²) in [6, 6.07) is 17.1. The van der Waals surface area contributed by atoms with Crippen LogP contribution in [-0.4, -0.2) is 46.4 Å². The van der Waals surface area contributed by atoms with Crippen LogP contribution < -0.4 is 9.64 Å². The molecule has 8 nitrogen and oxygen atoms in total. The van der Waals surface area contributed by atoms with Crippen LogP contribution in [0.5, 0.6) is 5.75 Å². The first kappa shape index (κ1) is 28.7. The molecule has 1 saturated heterocycles. The first-order chi connectivity index (χ1) is 21.0. The van der Waals surface area contributed by atoms with Crippen molar-refractivity contribution in [1.82, 2.24) is 20.1 Å². The number of halogens is 2. The van der Waals surface area contributed by atoms with E-state index in [0.717, 1.165) is 24.2 Å². The molecule has 0 bridgehead atoms. The topological polar surface area (TPSA) is 86.4 Å². The van der Waals surface area contributed by atoms with Crippen molar-refractivity contribution in [3.05, 3.63) is 95.9 Å². The number of hydrogen-bond acceptors (Lipinski definition) is 8. The molecule has 6 rings (SSSR count). The van der Waals surface area contributed by atoms with Crippen LogP contribution in [0.3, 0.4) is 0 Å². The summed E-state index contributed by atoms with van der Waals surface area (Å²) in [5.41, 5.74) is 2.14. The Hall–Kier alpha value is -4.44.